The summed E-state index contributed by atoms with van der Waals surface area (Å²) in [4.78, 5) is 1.83. The van der Waals surface area contributed by atoms with Crippen LogP contribution in [-0.4, -0.2) is 48.9 Å². The van der Waals surface area contributed by atoms with E-state index in [9.17, 15) is 21.6 Å². The number of nitrogens with one attached hydrogen (secondary N) is 1. The topological polar surface area (TPSA) is 58.6 Å². The number of nitrogens with zero attached hydrogens (tertiary/aromatic N) is 1. The Labute approximate surface area is 150 Å². The number of rotatable bonds is 5. The highest BCUT2D eigenvalue weighted by Gasteiger charge is 2.33. The van der Waals surface area contributed by atoms with Crippen LogP contribution >= 0.6 is 12.2 Å². The minimum atomic E-state index is -4.74. The molecule has 1 atom stereocenters. The summed E-state index contributed by atoms with van der Waals surface area (Å²) in [6.45, 7) is 2.56. The Hall–Kier alpha value is -1.55. The van der Waals surface area contributed by atoms with Gasteiger partial charge in [-0.15, -0.1) is 13.2 Å². The van der Waals surface area contributed by atoms with Crippen LogP contribution in [0.3, 0.4) is 0 Å². The van der Waals surface area contributed by atoms with Gasteiger partial charge in [-0.3, -0.25) is 0 Å². The van der Waals surface area contributed by atoms with Crippen molar-refractivity contribution in [3.63, 3.8) is 0 Å². The molecule has 140 valence electrons. The molecule has 1 aromatic rings. The maximum absolute atomic E-state index is 12.2. The standard InChI is InChI=1S/C15H19F3N2O3S2/c1-2-8-20(12-7-9-25(21,22)10-12)14(24)19-11-3-5-13(6-4-11)23-15(16,17)18/h3-6,12H,2,7-10H2,1H3,(H,19,24)/t12-/m0/s1. The van der Waals surface area contributed by atoms with Gasteiger partial charge in [0.1, 0.15) is 5.75 Å². The molecule has 0 radical (unpaired) electrons. The first-order valence-corrected chi connectivity index (χ1v) is 9.96. The molecule has 25 heavy (non-hydrogen) atoms. The third-order valence-electron chi connectivity index (χ3n) is 3.71. The molecule has 0 spiro atoms. The molecule has 0 amide bonds. The molecule has 1 saturated heterocycles. The lowest BCUT2D eigenvalue weighted by Gasteiger charge is -2.30. The third-order valence-corrected chi connectivity index (χ3v) is 5.80. The van der Waals surface area contributed by atoms with Gasteiger partial charge in [-0.2, -0.15) is 0 Å². The molecule has 0 bridgehead atoms. The van der Waals surface area contributed by atoms with Gasteiger partial charge in [-0.05, 0) is 49.3 Å². The van der Waals surface area contributed by atoms with Gasteiger partial charge in [0.15, 0.2) is 14.9 Å². The third kappa shape index (κ3) is 6.03. The summed E-state index contributed by atoms with van der Waals surface area (Å²) in [6.07, 6.45) is -3.44. The number of sulfone groups is 1. The largest absolute Gasteiger partial charge is 0.573 e. The Bertz CT molecular complexity index is 706. The zero-order valence-electron chi connectivity index (χ0n) is 13.5. The van der Waals surface area contributed by atoms with Crippen LogP contribution in [-0.2, 0) is 9.84 Å². The molecular formula is C15H19F3N2O3S2. The fourth-order valence-corrected chi connectivity index (χ4v) is 4.74. The lowest BCUT2D eigenvalue weighted by Crippen LogP contribution is -2.43. The molecule has 0 unspecified atom stereocenters. The number of halogens is 3. The van der Waals surface area contributed by atoms with Gasteiger partial charge in [0, 0.05) is 18.3 Å². The normalized spacial score (nSPS) is 19.4. The van der Waals surface area contributed by atoms with Gasteiger partial charge in [-0.1, -0.05) is 6.92 Å². The summed E-state index contributed by atoms with van der Waals surface area (Å²) in [5.74, 6) is -0.117. The van der Waals surface area contributed by atoms with E-state index in [0.29, 0.717) is 23.8 Å². The van der Waals surface area contributed by atoms with Crippen LogP contribution in [0.5, 0.6) is 5.75 Å². The van der Waals surface area contributed by atoms with E-state index in [1.807, 2.05) is 11.8 Å². The minimum Gasteiger partial charge on any atom is -0.406 e. The maximum atomic E-state index is 12.2. The van der Waals surface area contributed by atoms with Gasteiger partial charge >= 0.3 is 6.36 Å². The molecule has 1 heterocycles. The monoisotopic (exact) mass is 396 g/mol. The van der Waals surface area contributed by atoms with E-state index in [1.54, 1.807) is 0 Å². The average molecular weight is 396 g/mol. The van der Waals surface area contributed by atoms with E-state index in [2.05, 4.69) is 10.1 Å². The number of thiocarbonyl (C=S) groups is 1. The zero-order valence-corrected chi connectivity index (χ0v) is 15.2. The van der Waals surface area contributed by atoms with Crippen LogP contribution in [0, 0.1) is 0 Å². The van der Waals surface area contributed by atoms with E-state index >= 15 is 0 Å². The van der Waals surface area contributed by atoms with Gasteiger partial charge in [0.2, 0.25) is 0 Å². The molecule has 1 aliphatic rings. The summed E-state index contributed by atoms with van der Waals surface area (Å²) >= 11 is 5.36. The molecule has 0 aromatic heterocycles. The first-order chi connectivity index (χ1) is 11.6. The predicted molar refractivity (Wildman–Crippen MR) is 93.4 cm³/mol. The smallest absolute Gasteiger partial charge is 0.406 e. The second-order valence-electron chi connectivity index (χ2n) is 5.75. The predicted octanol–water partition coefficient (Wildman–Crippen LogP) is 3.18. The fraction of sp³-hybridized carbons (Fsp3) is 0.533. The number of alkyl halides is 3. The molecule has 5 nitrogen and oxygen atoms in total. The molecule has 2 rings (SSSR count). The van der Waals surface area contributed by atoms with Crippen molar-refractivity contribution in [2.24, 2.45) is 0 Å². The van der Waals surface area contributed by atoms with Crippen molar-refractivity contribution in [1.29, 1.82) is 0 Å². The maximum Gasteiger partial charge on any atom is 0.573 e. The van der Waals surface area contributed by atoms with Crippen LogP contribution in [0.1, 0.15) is 19.8 Å². The second kappa shape index (κ2) is 7.77. The van der Waals surface area contributed by atoms with E-state index in [0.717, 1.165) is 6.42 Å². The van der Waals surface area contributed by atoms with Crippen LogP contribution in [0.2, 0.25) is 0 Å². The SMILES string of the molecule is CCCN(C(=S)Nc1ccc(OC(F)(F)F)cc1)[C@H]1CCS(=O)(=O)C1. The molecule has 1 fully saturated rings. The van der Waals surface area contributed by atoms with Crippen molar-refractivity contribution in [1.82, 2.24) is 4.90 Å². The molecule has 0 saturated carbocycles. The van der Waals surface area contributed by atoms with Crippen LogP contribution < -0.4 is 10.1 Å². The number of hydrogen-bond donors (Lipinski definition) is 1. The van der Waals surface area contributed by atoms with Gasteiger partial charge in [0.05, 0.1) is 11.5 Å². The Kier molecular flexibility index (Phi) is 6.15. The Morgan fingerprint density at radius 2 is 2.00 bits per heavy atom. The molecule has 1 aliphatic heterocycles. The van der Waals surface area contributed by atoms with E-state index in [1.165, 1.54) is 24.3 Å². The molecular weight excluding hydrogens is 377 g/mol. The minimum absolute atomic E-state index is 0.0627. The second-order valence-corrected chi connectivity index (χ2v) is 8.37. The van der Waals surface area contributed by atoms with Crippen molar-refractivity contribution in [2.45, 2.75) is 32.2 Å². The van der Waals surface area contributed by atoms with E-state index in [-0.39, 0.29) is 23.3 Å². The fourth-order valence-electron chi connectivity index (χ4n) is 2.65. The quantitative estimate of drug-likeness (QED) is 0.772. The number of anilines is 1. The van der Waals surface area contributed by atoms with Crippen molar-refractivity contribution < 1.29 is 26.3 Å². The number of hydrogen-bond acceptors (Lipinski definition) is 4. The Morgan fingerprint density at radius 1 is 1.36 bits per heavy atom. The number of ether oxygens (including phenoxy) is 1. The molecule has 1 N–H and O–H groups in total. The molecule has 10 heteroatoms. The van der Waals surface area contributed by atoms with Crippen molar-refractivity contribution >= 4 is 32.9 Å². The zero-order chi connectivity index (χ0) is 18.7. The summed E-state index contributed by atoms with van der Waals surface area (Å²) < 4.78 is 63.7. The first kappa shape index (κ1) is 19.8. The van der Waals surface area contributed by atoms with Crippen LogP contribution in [0.15, 0.2) is 24.3 Å². The molecule has 0 aliphatic carbocycles. The average Bonchev–Trinajstić information content (AvgIpc) is 2.85. The summed E-state index contributed by atoms with van der Waals surface area (Å²) in [7, 11) is -3.04. The summed E-state index contributed by atoms with van der Waals surface area (Å²) in [5, 5.41) is 3.30. The van der Waals surface area contributed by atoms with Crippen molar-refractivity contribution in [3.8, 4) is 5.75 Å². The highest BCUT2D eigenvalue weighted by molar-refractivity contribution is 7.91. The van der Waals surface area contributed by atoms with Crippen molar-refractivity contribution in [2.75, 3.05) is 23.4 Å². The van der Waals surface area contributed by atoms with E-state index < -0.39 is 16.2 Å². The van der Waals surface area contributed by atoms with Gasteiger partial charge in [0.25, 0.3) is 0 Å². The summed E-state index contributed by atoms with van der Waals surface area (Å²) in [6, 6.07) is 5.02. The lowest BCUT2D eigenvalue weighted by atomic mass is 10.2. The Morgan fingerprint density at radius 3 is 2.48 bits per heavy atom. The highest BCUT2D eigenvalue weighted by atomic mass is 32.2. The molecule has 1 aromatic carbocycles. The van der Waals surface area contributed by atoms with Gasteiger partial charge < -0.3 is 15.0 Å². The number of benzene rings is 1. The summed E-state index contributed by atoms with van der Waals surface area (Å²) in [5.41, 5.74) is 0.501. The van der Waals surface area contributed by atoms with Crippen LogP contribution in [0.25, 0.3) is 0 Å². The van der Waals surface area contributed by atoms with Crippen LogP contribution in [0.4, 0.5) is 18.9 Å². The van der Waals surface area contributed by atoms with Crippen molar-refractivity contribution in [3.05, 3.63) is 24.3 Å². The first-order valence-electron chi connectivity index (χ1n) is 7.73. The van der Waals surface area contributed by atoms with Gasteiger partial charge in [-0.25, -0.2) is 8.42 Å². The lowest BCUT2D eigenvalue weighted by molar-refractivity contribution is -0.274. The van der Waals surface area contributed by atoms with E-state index in [4.69, 9.17) is 12.2 Å². The Balaban J connectivity index is 2.03. The highest BCUT2D eigenvalue weighted by Crippen LogP contribution is 2.25.